The highest BCUT2D eigenvalue weighted by atomic mass is 32.3. The molecule has 2 aliphatic rings. The largest absolute Gasteiger partial charge is 0.592 e. The quantitative estimate of drug-likeness (QED) is 0.620. The Kier molecular flexibility index (Phi) is 4.54. The number of carbonyl (C=O) groups is 1. The van der Waals surface area contributed by atoms with Crippen LogP contribution in [-0.4, -0.2) is 38.5 Å². The molecule has 5 rings (SSSR count). The summed E-state index contributed by atoms with van der Waals surface area (Å²) in [5.74, 6) is 0.0907. The number of fused-ring (bicyclic) bond motifs is 1. The normalized spacial score (nSPS) is 22.1. The molecule has 0 radical (unpaired) electrons. The van der Waals surface area contributed by atoms with Gasteiger partial charge in [0.15, 0.2) is 10.4 Å². The lowest BCUT2D eigenvalue weighted by Crippen LogP contribution is -2.35. The van der Waals surface area contributed by atoms with Gasteiger partial charge in [0.25, 0.3) is 11.6 Å². The summed E-state index contributed by atoms with van der Waals surface area (Å²) >= 11 is 1.19. The van der Waals surface area contributed by atoms with Crippen molar-refractivity contribution in [2.45, 2.75) is 41.9 Å². The number of amides is 1. The van der Waals surface area contributed by atoms with E-state index in [2.05, 4.69) is 15.5 Å². The smallest absolute Gasteiger partial charge is 0.259 e. The molecule has 152 valence electrons. The predicted octanol–water partition coefficient (Wildman–Crippen LogP) is 3.26. The van der Waals surface area contributed by atoms with Crippen molar-refractivity contribution >= 4 is 38.7 Å². The van der Waals surface area contributed by atoms with Crippen LogP contribution in [0.5, 0.6) is 0 Å². The summed E-state index contributed by atoms with van der Waals surface area (Å²) in [7, 11) is -2.07. The minimum absolute atomic E-state index is 0.255. The first-order chi connectivity index (χ1) is 14.0. The molecule has 10 heteroatoms. The van der Waals surface area contributed by atoms with E-state index in [-0.39, 0.29) is 5.91 Å². The Morgan fingerprint density at radius 3 is 2.93 bits per heavy atom. The summed E-state index contributed by atoms with van der Waals surface area (Å²) in [6.07, 6.45) is 3.42. The van der Waals surface area contributed by atoms with Crippen molar-refractivity contribution in [3.05, 3.63) is 40.5 Å². The summed E-state index contributed by atoms with van der Waals surface area (Å²) in [4.78, 5) is 17.2. The van der Waals surface area contributed by atoms with E-state index in [0.717, 1.165) is 18.5 Å². The van der Waals surface area contributed by atoms with Gasteiger partial charge in [0, 0.05) is 31.3 Å². The number of aromatic nitrogens is 2. The Balaban J connectivity index is 1.63. The van der Waals surface area contributed by atoms with Crippen LogP contribution in [-0.2, 0) is 14.6 Å². The standard InChI is InChI=1S/C19H20N4O4S2/c1-20-18(24)12-10-13(11-6-7-11)21-19-16(12)17(22-27-19)14-4-2-8-23(14)29(25,26)15-5-3-9-28-15/h3,5,9-11,14H,2,4,6-8H2,1H3,(H-,20,24,25,26). The van der Waals surface area contributed by atoms with Crippen molar-refractivity contribution in [2.75, 3.05) is 13.6 Å². The molecule has 8 nitrogen and oxygen atoms in total. The number of rotatable bonds is 5. The maximum absolute atomic E-state index is 13.1. The zero-order valence-electron chi connectivity index (χ0n) is 15.8. The number of nitrogens with zero attached hydrogens (tertiary/aromatic N) is 3. The highest BCUT2D eigenvalue weighted by Crippen LogP contribution is 2.44. The molecular formula is C19H20N4O4S2. The van der Waals surface area contributed by atoms with Gasteiger partial charge in [-0.05, 0) is 43.2 Å². The molecule has 1 saturated carbocycles. The summed E-state index contributed by atoms with van der Waals surface area (Å²) in [5.41, 5.74) is 2.03. The maximum atomic E-state index is 13.1. The molecular weight excluding hydrogens is 412 g/mol. The minimum Gasteiger partial charge on any atom is -0.592 e. The van der Waals surface area contributed by atoms with Crippen LogP contribution in [0, 0.1) is 0 Å². The molecule has 0 aromatic carbocycles. The molecule has 1 N–H and O–H groups in total. The van der Waals surface area contributed by atoms with Gasteiger partial charge in [-0.1, -0.05) is 20.7 Å². The molecule has 2 atom stereocenters. The molecule has 1 saturated heterocycles. The Morgan fingerprint density at radius 2 is 2.24 bits per heavy atom. The van der Waals surface area contributed by atoms with E-state index in [4.69, 9.17) is 4.52 Å². The molecule has 1 amide bonds. The fraction of sp³-hybridized carbons (Fsp3) is 0.421. The maximum Gasteiger partial charge on any atom is 0.259 e. The van der Waals surface area contributed by atoms with Crippen LogP contribution >= 0.6 is 11.3 Å². The highest BCUT2D eigenvalue weighted by Gasteiger charge is 2.44. The van der Waals surface area contributed by atoms with Gasteiger partial charge in [-0.15, -0.1) is 4.31 Å². The Bertz CT molecular complexity index is 1120. The summed E-state index contributed by atoms with van der Waals surface area (Å²) in [5, 5.41) is 9.12. The van der Waals surface area contributed by atoms with E-state index in [0.29, 0.717) is 51.9 Å². The lowest BCUT2D eigenvalue weighted by Gasteiger charge is -2.26. The number of thiophene rings is 1. The number of sulfonamides is 1. The third kappa shape index (κ3) is 3.10. The molecule has 1 aliphatic carbocycles. The second kappa shape index (κ2) is 6.98. The monoisotopic (exact) mass is 432 g/mol. The van der Waals surface area contributed by atoms with Gasteiger partial charge in [-0.25, -0.2) is 4.98 Å². The van der Waals surface area contributed by atoms with Crippen LogP contribution < -0.4 is 5.32 Å². The zero-order chi connectivity index (χ0) is 20.2. The van der Waals surface area contributed by atoms with Gasteiger partial charge in [-0.2, -0.15) is 0 Å². The van der Waals surface area contributed by atoms with E-state index in [1.54, 1.807) is 30.6 Å². The van der Waals surface area contributed by atoms with Crippen molar-refractivity contribution in [3.63, 3.8) is 0 Å². The second-order valence-corrected chi connectivity index (χ2v) is 10.5. The second-order valence-electron chi connectivity index (χ2n) is 7.40. The molecule has 4 heterocycles. The molecule has 1 aliphatic heterocycles. The van der Waals surface area contributed by atoms with Crippen LogP contribution in [0.3, 0.4) is 0 Å². The van der Waals surface area contributed by atoms with E-state index in [9.17, 15) is 13.6 Å². The highest BCUT2D eigenvalue weighted by molar-refractivity contribution is 7.97. The number of hydrogen-bond donors (Lipinski definition) is 1. The first-order valence-electron chi connectivity index (χ1n) is 9.58. The number of pyridine rings is 1. The molecule has 29 heavy (non-hydrogen) atoms. The van der Waals surface area contributed by atoms with E-state index < -0.39 is 16.4 Å². The van der Waals surface area contributed by atoms with Crippen molar-refractivity contribution in [1.29, 1.82) is 0 Å². The van der Waals surface area contributed by atoms with E-state index in [1.807, 2.05) is 0 Å². The molecule has 3 aromatic heterocycles. The lowest BCUT2D eigenvalue weighted by atomic mass is 10.0. The van der Waals surface area contributed by atoms with Crippen LogP contribution in [0.1, 0.15) is 59.4 Å². The number of nitrogens with one attached hydrogen (secondary N) is 1. The van der Waals surface area contributed by atoms with Gasteiger partial charge in [0.1, 0.15) is 11.7 Å². The van der Waals surface area contributed by atoms with Crippen molar-refractivity contribution < 1.29 is 18.1 Å². The van der Waals surface area contributed by atoms with Gasteiger partial charge in [0.05, 0.1) is 10.9 Å². The topological polar surface area (TPSA) is 111 Å². The van der Waals surface area contributed by atoms with Gasteiger partial charge >= 0.3 is 0 Å². The first kappa shape index (κ1) is 18.9. The average molecular weight is 433 g/mol. The molecule has 0 spiro atoms. The van der Waals surface area contributed by atoms with Crippen LogP contribution in [0.15, 0.2) is 32.3 Å². The molecule has 0 bridgehead atoms. The zero-order valence-corrected chi connectivity index (χ0v) is 17.4. The third-order valence-electron chi connectivity index (χ3n) is 5.54. The van der Waals surface area contributed by atoms with Gasteiger partial charge < -0.3 is 14.4 Å². The minimum atomic E-state index is -3.64. The summed E-state index contributed by atoms with van der Waals surface area (Å²) in [6.45, 7) is 0.405. The van der Waals surface area contributed by atoms with Crippen LogP contribution in [0.4, 0.5) is 0 Å². The van der Waals surface area contributed by atoms with Crippen molar-refractivity contribution in [2.24, 2.45) is 0 Å². The summed E-state index contributed by atoms with van der Waals surface area (Å²) in [6, 6.07) is 4.64. The van der Waals surface area contributed by atoms with Crippen LogP contribution in [0.2, 0.25) is 0 Å². The molecule has 2 unspecified atom stereocenters. The van der Waals surface area contributed by atoms with Gasteiger partial charge in [-0.3, -0.25) is 4.79 Å². The predicted molar refractivity (Wildman–Crippen MR) is 107 cm³/mol. The number of hydrogen-bond acceptors (Lipinski definition) is 7. The van der Waals surface area contributed by atoms with E-state index in [1.165, 1.54) is 15.6 Å². The van der Waals surface area contributed by atoms with E-state index >= 15 is 0 Å². The lowest BCUT2D eigenvalue weighted by molar-refractivity contribution is 0.0964. The first-order valence-corrected chi connectivity index (χ1v) is 11.9. The molecule has 2 fully saturated rings. The average Bonchev–Trinajstić information content (AvgIpc) is 3.15. The van der Waals surface area contributed by atoms with Crippen molar-refractivity contribution in [1.82, 2.24) is 19.8 Å². The fourth-order valence-corrected chi connectivity index (χ4v) is 6.73. The Morgan fingerprint density at radius 1 is 1.41 bits per heavy atom. The van der Waals surface area contributed by atoms with Crippen LogP contribution in [0.25, 0.3) is 11.1 Å². The van der Waals surface area contributed by atoms with Crippen molar-refractivity contribution in [3.8, 4) is 0 Å². The fourth-order valence-electron chi connectivity index (χ4n) is 3.95. The third-order valence-corrected chi connectivity index (χ3v) is 8.82. The Labute approximate surface area is 172 Å². The summed E-state index contributed by atoms with van der Waals surface area (Å²) < 4.78 is 33.6. The van der Waals surface area contributed by atoms with Gasteiger partial charge in [0.2, 0.25) is 4.21 Å². The molecule has 3 aromatic rings. The number of carbonyl (C=O) groups excluding carboxylic acids is 1. The SMILES string of the molecule is CNC(=O)c1cc(C2CC2)nc2onc(C3CCCN3[S+](=O)([O-])c3cccs3)c12. The Hall–Kier alpha value is -2.14.